The van der Waals surface area contributed by atoms with Crippen molar-refractivity contribution in [3.8, 4) is 0 Å². The van der Waals surface area contributed by atoms with Crippen LogP contribution in [0.3, 0.4) is 0 Å². The molecule has 162 valence electrons. The molecule has 0 aromatic rings. The Hall–Kier alpha value is -1.12. The van der Waals surface area contributed by atoms with E-state index in [9.17, 15) is 9.59 Å². The summed E-state index contributed by atoms with van der Waals surface area (Å²) < 4.78 is 4.87. The van der Waals surface area contributed by atoms with Crippen molar-refractivity contribution >= 4 is 11.8 Å². The van der Waals surface area contributed by atoms with Crippen molar-refractivity contribution in [3.63, 3.8) is 0 Å². The summed E-state index contributed by atoms with van der Waals surface area (Å²) in [5.74, 6) is 4.65. The molecule has 4 aliphatic carbocycles. The zero-order chi connectivity index (χ0) is 21.0. The maximum atomic E-state index is 12.3. The van der Waals surface area contributed by atoms with Crippen LogP contribution in [0.15, 0.2) is 12.2 Å². The topological polar surface area (TPSA) is 43.4 Å². The van der Waals surface area contributed by atoms with Crippen LogP contribution in [0.1, 0.15) is 79.1 Å². The van der Waals surface area contributed by atoms with Crippen LogP contribution in [-0.4, -0.2) is 18.9 Å². The lowest BCUT2D eigenvalue weighted by Crippen LogP contribution is -2.54. The number of carbonyl (C=O) groups excluding carboxylic acids is 2. The van der Waals surface area contributed by atoms with Crippen LogP contribution in [0.4, 0.5) is 0 Å². The first kappa shape index (κ1) is 21.1. The van der Waals surface area contributed by atoms with Crippen LogP contribution in [0.25, 0.3) is 0 Å². The van der Waals surface area contributed by atoms with Gasteiger partial charge in [-0.15, -0.1) is 0 Å². The van der Waals surface area contributed by atoms with Crippen molar-refractivity contribution in [1.29, 1.82) is 0 Å². The van der Waals surface area contributed by atoms with E-state index in [2.05, 4.69) is 33.8 Å². The SMILES string of the molecule is COC(=O)CC[C@@H](C)[C@H]1CC[C@H]2[C@@H]3CC[C@@H]4[C@@H](C)C(=O)C=C[C@]4(C)[C@H]3CC[C@]12C. The van der Waals surface area contributed by atoms with Crippen LogP contribution in [0, 0.1) is 52.3 Å². The first-order chi connectivity index (χ1) is 13.7. The van der Waals surface area contributed by atoms with E-state index in [4.69, 9.17) is 4.74 Å². The summed E-state index contributed by atoms with van der Waals surface area (Å²) in [6, 6.07) is 0. The van der Waals surface area contributed by atoms with Gasteiger partial charge in [0.15, 0.2) is 5.78 Å². The highest BCUT2D eigenvalue weighted by atomic mass is 16.5. The summed E-state index contributed by atoms with van der Waals surface area (Å²) in [5, 5.41) is 0. The number of ketones is 1. The van der Waals surface area contributed by atoms with E-state index >= 15 is 0 Å². The third-order valence-electron chi connectivity index (χ3n) is 10.3. The van der Waals surface area contributed by atoms with E-state index in [1.807, 2.05) is 6.08 Å². The number of allylic oxidation sites excluding steroid dienone is 2. The summed E-state index contributed by atoms with van der Waals surface area (Å²) >= 11 is 0. The number of rotatable bonds is 4. The van der Waals surface area contributed by atoms with Gasteiger partial charge >= 0.3 is 5.97 Å². The van der Waals surface area contributed by atoms with Gasteiger partial charge in [0.25, 0.3) is 0 Å². The van der Waals surface area contributed by atoms with Gasteiger partial charge in [0.1, 0.15) is 0 Å². The van der Waals surface area contributed by atoms with E-state index in [0.717, 1.165) is 30.1 Å². The monoisotopic (exact) mass is 400 g/mol. The normalized spacial score (nSPS) is 47.1. The second kappa shape index (κ2) is 7.54. The second-order valence-corrected chi connectivity index (χ2v) is 11.3. The van der Waals surface area contributed by atoms with Gasteiger partial charge in [0.2, 0.25) is 0 Å². The van der Waals surface area contributed by atoms with Gasteiger partial charge in [-0.25, -0.2) is 0 Å². The number of esters is 1. The zero-order valence-corrected chi connectivity index (χ0v) is 19.1. The lowest BCUT2D eigenvalue weighted by Gasteiger charge is -2.60. The number of methoxy groups -OCH3 is 1. The highest BCUT2D eigenvalue weighted by Crippen LogP contribution is 2.67. The van der Waals surface area contributed by atoms with Crippen LogP contribution in [0.2, 0.25) is 0 Å². The molecular formula is C26H40O3. The van der Waals surface area contributed by atoms with Crippen molar-refractivity contribution < 1.29 is 14.3 Å². The maximum Gasteiger partial charge on any atom is 0.305 e. The molecule has 0 N–H and O–H groups in total. The third kappa shape index (κ3) is 3.22. The van der Waals surface area contributed by atoms with Crippen LogP contribution < -0.4 is 0 Å². The quantitative estimate of drug-likeness (QED) is 0.558. The minimum absolute atomic E-state index is 0.0701. The van der Waals surface area contributed by atoms with E-state index in [1.54, 1.807) is 0 Å². The molecule has 0 aliphatic heterocycles. The molecule has 0 unspecified atom stereocenters. The highest BCUT2D eigenvalue weighted by molar-refractivity contribution is 5.92. The third-order valence-corrected chi connectivity index (χ3v) is 10.3. The molecule has 3 saturated carbocycles. The van der Waals surface area contributed by atoms with Gasteiger partial charge < -0.3 is 4.74 Å². The number of ether oxygens (including phenoxy) is 1. The number of hydrogen-bond acceptors (Lipinski definition) is 3. The minimum Gasteiger partial charge on any atom is -0.469 e. The first-order valence-electron chi connectivity index (χ1n) is 12.0. The maximum absolute atomic E-state index is 12.3. The van der Waals surface area contributed by atoms with Crippen LogP contribution in [-0.2, 0) is 14.3 Å². The Morgan fingerprint density at radius 2 is 1.86 bits per heavy atom. The van der Waals surface area contributed by atoms with Gasteiger partial charge in [-0.2, -0.15) is 0 Å². The molecule has 0 heterocycles. The number of hydrogen-bond donors (Lipinski definition) is 0. The van der Waals surface area contributed by atoms with Gasteiger partial charge in [-0.1, -0.05) is 33.8 Å². The molecular weight excluding hydrogens is 360 g/mol. The molecule has 29 heavy (non-hydrogen) atoms. The zero-order valence-electron chi connectivity index (χ0n) is 19.1. The largest absolute Gasteiger partial charge is 0.469 e. The fourth-order valence-corrected chi connectivity index (χ4v) is 8.69. The molecule has 0 radical (unpaired) electrons. The average Bonchev–Trinajstić information content (AvgIpc) is 3.06. The Kier molecular flexibility index (Phi) is 5.49. The molecule has 0 aromatic carbocycles. The molecule has 9 atom stereocenters. The van der Waals surface area contributed by atoms with Gasteiger partial charge in [-0.3, -0.25) is 9.59 Å². The summed E-state index contributed by atoms with van der Waals surface area (Å²) in [4.78, 5) is 24.0. The molecule has 3 nitrogen and oxygen atoms in total. The van der Waals surface area contributed by atoms with Gasteiger partial charge in [0.05, 0.1) is 7.11 Å². The molecule has 0 saturated heterocycles. The Balaban J connectivity index is 1.53. The van der Waals surface area contributed by atoms with Crippen molar-refractivity contribution in [2.75, 3.05) is 7.11 Å². The predicted octanol–water partition coefficient (Wildman–Crippen LogP) is 5.83. The van der Waals surface area contributed by atoms with E-state index in [1.165, 1.54) is 45.6 Å². The van der Waals surface area contributed by atoms with Crippen LogP contribution in [0.5, 0.6) is 0 Å². The molecule has 0 aromatic heterocycles. The van der Waals surface area contributed by atoms with Gasteiger partial charge in [0, 0.05) is 12.3 Å². The van der Waals surface area contributed by atoms with Crippen molar-refractivity contribution in [1.82, 2.24) is 0 Å². The van der Waals surface area contributed by atoms with Gasteiger partial charge in [-0.05, 0) is 97.4 Å². The summed E-state index contributed by atoms with van der Waals surface area (Å²) in [5.41, 5.74) is 0.617. The van der Waals surface area contributed by atoms with Crippen molar-refractivity contribution in [2.24, 2.45) is 52.3 Å². The lowest BCUT2D eigenvalue weighted by atomic mass is 9.44. The molecule has 4 aliphatic rings. The first-order valence-corrected chi connectivity index (χ1v) is 12.0. The van der Waals surface area contributed by atoms with E-state index in [0.29, 0.717) is 29.5 Å². The van der Waals surface area contributed by atoms with E-state index in [-0.39, 0.29) is 17.3 Å². The summed E-state index contributed by atoms with van der Waals surface area (Å²) in [6.07, 6.45) is 13.5. The molecule has 0 bridgehead atoms. The average molecular weight is 401 g/mol. The highest BCUT2D eigenvalue weighted by Gasteiger charge is 2.60. The molecule has 3 fully saturated rings. The predicted molar refractivity (Wildman–Crippen MR) is 115 cm³/mol. The standard InChI is InChI=1S/C26H40O3/c1-16(6-11-24(28)29-5)19-9-10-21-18-7-8-20-17(2)23(27)13-15-26(20,4)22(18)12-14-25(19,21)3/h13,15-22H,6-12,14H2,1-5H3/t16-,17-,18+,19-,20-,21+,22+,25-,26+/m1/s1. The van der Waals surface area contributed by atoms with Crippen molar-refractivity contribution in [3.05, 3.63) is 12.2 Å². The van der Waals surface area contributed by atoms with Crippen LogP contribution >= 0.6 is 0 Å². The fourth-order valence-electron chi connectivity index (χ4n) is 8.69. The van der Waals surface area contributed by atoms with Crippen molar-refractivity contribution in [2.45, 2.75) is 79.1 Å². The second-order valence-electron chi connectivity index (χ2n) is 11.3. The number of fused-ring (bicyclic) bond motifs is 5. The minimum atomic E-state index is -0.0701. The van der Waals surface area contributed by atoms with E-state index < -0.39 is 0 Å². The molecule has 0 spiro atoms. The molecule has 0 amide bonds. The fraction of sp³-hybridized carbons (Fsp3) is 0.846. The summed E-state index contributed by atoms with van der Waals surface area (Å²) in [6.45, 7) is 9.55. The Morgan fingerprint density at radius 3 is 2.59 bits per heavy atom. The summed E-state index contributed by atoms with van der Waals surface area (Å²) in [7, 11) is 1.49. The molecule has 3 heteroatoms. The smallest absolute Gasteiger partial charge is 0.305 e. The Bertz CT molecular complexity index is 696. The Labute approximate surface area is 177 Å². The number of carbonyl (C=O) groups is 2. The lowest BCUT2D eigenvalue weighted by molar-refractivity contribution is -0.141. The molecule has 4 rings (SSSR count). The Morgan fingerprint density at radius 1 is 1.14 bits per heavy atom.